The highest BCUT2D eigenvalue weighted by atomic mass is 16.4. The van der Waals surface area contributed by atoms with Crippen LogP contribution >= 0.6 is 0 Å². The number of aliphatic carboxylic acids is 1. The molecule has 4 nitrogen and oxygen atoms in total. The predicted molar refractivity (Wildman–Crippen MR) is 103 cm³/mol. The van der Waals surface area contributed by atoms with Gasteiger partial charge in [0.2, 0.25) is 5.91 Å². The van der Waals surface area contributed by atoms with Gasteiger partial charge in [0.15, 0.2) is 0 Å². The third-order valence-corrected chi connectivity index (χ3v) is 4.10. The van der Waals surface area contributed by atoms with E-state index in [1.807, 2.05) is 72.8 Å². The van der Waals surface area contributed by atoms with Gasteiger partial charge in [0.05, 0.1) is 0 Å². The molecule has 0 aliphatic carbocycles. The molecule has 4 heteroatoms. The zero-order valence-electron chi connectivity index (χ0n) is 14.1. The van der Waals surface area contributed by atoms with E-state index in [1.165, 1.54) is 6.08 Å². The van der Waals surface area contributed by atoms with Gasteiger partial charge in [-0.3, -0.25) is 4.79 Å². The maximum absolute atomic E-state index is 12.1. The van der Waals surface area contributed by atoms with Crippen molar-refractivity contribution in [3.05, 3.63) is 90.0 Å². The maximum atomic E-state index is 12.1. The Kier molecular flexibility index (Phi) is 5.44. The van der Waals surface area contributed by atoms with Crippen LogP contribution in [0.4, 0.5) is 0 Å². The Hall–Kier alpha value is -3.40. The highest BCUT2D eigenvalue weighted by Gasteiger charge is 2.19. The Morgan fingerprint density at radius 3 is 2.35 bits per heavy atom. The molecule has 0 fully saturated rings. The SMILES string of the molecule is O=C(C=Cc1ccc2ccccc2c1)N[C@H](Cc1ccccc1)C(=O)O. The van der Waals surface area contributed by atoms with E-state index >= 15 is 0 Å². The normalized spacial score (nSPS) is 12.2. The van der Waals surface area contributed by atoms with Crippen LogP contribution in [-0.2, 0) is 16.0 Å². The lowest BCUT2D eigenvalue weighted by atomic mass is 10.1. The number of benzene rings is 3. The first-order valence-corrected chi connectivity index (χ1v) is 8.36. The first-order valence-electron chi connectivity index (χ1n) is 8.36. The number of carboxylic acid groups (broad SMARTS) is 1. The lowest BCUT2D eigenvalue weighted by Gasteiger charge is -2.13. The molecule has 1 atom stereocenters. The van der Waals surface area contributed by atoms with E-state index in [0.717, 1.165) is 21.9 Å². The molecule has 3 aromatic carbocycles. The smallest absolute Gasteiger partial charge is 0.326 e. The molecule has 2 N–H and O–H groups in total. The van der Waals surface area contributed by atoms with Crippen LogP contribution in [0.5, 0.6) is 0 Å². The van der Waals surface area contributed by atoms with Crippen LogP contribution in [0.1, 0.15) is 11.1 Å². The van der Waals surface area contributed by atoms with Gasteiger partial charge in [0.25, 0.3) is 0 Å². The number of hydrogen-bond donors (Lipinski definition) is 2. The van der Waals surface area contributed by atoms with Gasteiger partial charge in [0, 0.05) is 12.5 Å². The predicted octanol–water partition coefficient (Wildman–Crippen LogP) is 3.67. The fourth-order valence-electron chi connectivity index (χ4n) is 2.75. The number of carbonyl (C=O) groups is 2. The van der Waals surface area contributed by atoms with Gasteiger partial charge in [-0.1, -0.05) is 66.7 Å². The van der Waals surface area contributed by atoms with Crippen LogP contribution in [-0.4, -0.2) is 23.0 Å². The Bertz CT molecular complexity index is 948. The van der Waals surface area contributed by atoms with E-state index in [9.17, 15) is 14.7 Å². The Morgan fingerprint density at radius 2 is 1.62 bits per heavy atom. The van der Waals surface area contributed by atoms with E-state index in [1.54, 1.807) is 6.08 Å². The topological polar surface area (TPSA) is 66.4 Å². The summed E-state index contributed by atoms with van der Waals surface area (Å²) in [5.41, 5.74) is 1.74. The molecular formula is C22H19NO3. The van der Waals surface area contributed by atoms with Crippen LogP contribution in [0, 0.1) is 0 Å². The molecule has 0 bridgehead atoms. The second kappa shape index (κ2) is 8.12. The minimum Gasteiger partial charge on any atom is -0.480 e. The molecule has 1 amide bonds. The summed E-state index contributed by atoms with van der Waals surface area (Å²) in [6.07, 6.45) is 3.29. The molecule has 0 unspecified atom stereocenters. The van der Waals surface area contributed by atoms with Crippen molar-refractivity contribution in [3.8, 4) is 0 Å². The number of rotatable bonds is 6. The maximum Gasteiger partial charge on any atom is 0.326 e. The Labute approximate surface area is 151 Å². The van der Waals surface area contributed by atoms with Gasteiger partial charge < -0.3 is 10.4 Å². The molecule has 0 aromatic heterocycles. The van der Waals surface area contributed by atoms with Crippen molar-refractivity contribution in [2.24, 2.45) is 0 Å². The quantitative estimate of drug-likeness (QED) is 0.670. The molecule has 0 radical (unpaired) electrons. The summed E-state index contributed by atoms with van der Waals surface area (Å²) in [5, 5.41) is 14.1. The molecule has 3 aromatic rings. The number of nitrogens with one attached hydrogen (secondary N) is 1. The standard InChI is InChI=1S/C22H19NO3/c24-21(23-20(22(25)26)15-16-6-2-1-3-7-16)13-11-17-10-12-18-8-4-5-9-19(18)14-17/h1-14,20H,15H2,(H,23,24)(H,25,26)/t20-/m1/s1. The van der Waals surface area contributed by atoms with Crippen LogP contribution < -0.4 is 5.32 Å². The van der Waals surface area contributed by atoms with Crippen molar-refractivity contribution in [3.63, 3.8) is 0 Å². The molecule has 0 saturated carbocycles. The van der Waals surface area contributed by atoms with Crippen LogP contribution in [0.3, 0.4) is 0 Å². The average Bonchev–Trinajstić information content (AvgIpc) is 2.66. The minimum absolute atomic E-state index is 0.242. The first kappa shape index (κ1) is 17.4. The van der Waals surface area contributed by atoms with Crippen molar-refractivity contribution >= 4 is 28.7 Å². The van der Waals surface area contributed by atoms with Gasteiger partial charge in [-0.05, 0) is 34.0 Å². The highest BCUT2D eigenvalue weighted by molar-refractivity contribution is 5.95. The zero-order chi connectivity index (χ0) is 18.4. The Balaban J connectivity index is 1.67. The number of carbonyl (C=O) groups excluding carboxylic acids is 1. The van der Waals surface area contributed by atoms with Gasteiger partial charge in [0.1, 0.15) is 6.04 Å². The monoisotopic (exact) mass is 345 g/mol. The molecule has 0 spiro atoms. The van der Waals surface area contributed by atoms with Gasteiger partial charge in [-0.25, -0.2) is 4.79 Å². The van der Waals surface area contributed by atoms with Gasteiger partial charge in [-0.15, -0.1) is 0 Å². The lowest BCUT2D eigenvalue weighted by molar-refractivity contribution is -0.141. The summed E-state index contributed by atoms with van der Waals surface area (Å²) in [7, 11) is 0. The molecule has 26 heavy (non-hydrogen) atoms. The van der Waals surface area contributed by atoms with E-state index in [0.29, 0.717) is 0 Å². The summed E-state index contributed by atoms with van der Waals surface area (Å²) in [6, 6.07) is 22.1. The van der Waals surface area contributed by atoms with Crippen LogP contribution in [0.15, 0.2) is 78.9 Å². The average molecular weight is 345 g/mol. The molecule has 0 saturated heterocycles. The van der Waals surface area contributed by atoms with E-state index in [4.69, 9.17) is 0 Å². The largest absolute Gasteiger partial charge is 0.480 e. The van der Waals surface area contributed by atoms with Crippen molar-refractivity contribution in [1.82, 2.24) is 5.32 Å². The van der Waals surface area contributed by atoms with Gasteiger partial charge in [-0.2, -0.15) is 0 Å². The minimum atomic E-state index is -1.05. The van der Waals surface area contributed by atoms with E-state index in [2.05, 4.69) is 5.32 Å². The second-order valence-electron chi connectivity index (χ2n) is 6.03. The summed E-state index contributed by atoms with van der Waals surface area (Å²) in [4.78, 5) is 23.5. The van der Waals surface area contributed by atoms with E-state index in [-0.39, 0.29) is 6.42 Å². The lowest BCUT2D eigenvalue weighted by Crippen LogP contribution is -2.41. The number of amides is 1. The number of hydrogen-bond acceptors (Lipinski definition) is 2. The fraction of sp³-hybridized carbons (Fsp3) is 0.0909. The first-order chi connectivity index (χ1) is 12.6. The van der Waals surface area contributed by atoms with Crippen LogP contribution in [0.25, 0.3) is 16.8 Å². The number of fused-ring (bicyclic) bond motifs is 1. The van der Waals surface area contributed by atoms with Crippen molar-refractivity contribution in [1.29, 1.82) is 0 Å². The molecule has 0 aliphatic heterocycles. The summed E-state index contributed by atoms with van der Waals surface area (Å²) in [5.74, 6) is -1.48. The third-order valence-electron chi connectivity index (χ3n) is 4.10. The molecular weight excluding hydrogens is 326 g/mol. The molecule has 130 valence electrons. The van der Waals surface area contributed by atoms with Crippen molar-refractivity contribution in [2.45, 2.75) is 12.5 Å². The van der Waals surface area contributed by atoms with Crippen molar-refractivity contribution in [2.75, 3.05) is 0 Å². The van der Waals surface area contributed by atoms with Gasteiger partial charge >= 0.3 is 5.97 Å². The zero-order valence-corrected chi connectivity index (χ0v) is 14.1. The number of carboxylic acids is 1. The Morgan fingerprint density at radius 1 is 0.923 bits per heavy atom. The molecule has 0 aliphatic rings. The molecule has 3 rings (SSSR count). The molecule has 0 heterocycles. The van der Waals surface area contributed by atoms with E-state index < -0.39 is 17.9 Å². The van der Waals surface area contributed by atoms with Crippen molar-refractivity contribution < 1.29 is 14.7 Å². The summed E-state index contributed by atoms with van der Waals surface area (Å²) >= 11 is 0. The highest BCUT2D eigenvalue weighted by Crippen LogP contribution is 2.16. The fourth-order valence-corrected chi connectivity index (χ4v) is 2.75. The summed E-state index contributed by atoms with van der Waals surface area (Å²) in [6.45, 7) is 0. The van der Waals surface area contributed by atoms with Crippen LogP contribution in [0.2, 0.25) is 0 Å². The third kappa shape index (κ3) is 4.57. The second-order valence-corrected chi connectivity index (χ2v) is 6.03. The summed E-state index contributed by atoms with van der Waals surface area (Å²) < 4.78 is 0.